The number of phenols is 1. The van der Waals surface area contributed by atoms with Gasteiger partial charge in [-0.05, 0) is 30.4 Å². The average Bonchev–Trinajstić information content (AvgIpc) is 2.98. The zero-order valence-electron chi connectivity index (χ0n) is 9.53. The number of benzene rings is 1. The van der Waals surface area contributed by atoms with Crippen molar-refractivity contribution < 1.29 is 15.0 Å². The van der Waals surface area contributed by atoms with Crippen LogP contribution in [0.25, 0.3) is 0 Å². The Morgan fingerprint density at radius 1 is 1.38 bits per heavy atom. The lowest BCUT2D eigenvalue weighted by Gasteiger charge is -2.15. The van der Waals surface area contributed by atoms with Gasteiger partial charge < -0.3 is 10.2 Å². The number of aromatic hydroxyl groups is 1. The van der Waals surface area contributed by atoms with Crippen LogP contribution < -0.4 is 0 Å². The molecule has 0 spiro atoms. The Morgan fingerprint density at radius 3 is 2.44 bits per heavy atom. The fourth-order valence-corrected chi connectivity index (χ4v) is 2.02. The van der Waals surface area contributed by atoms with Crippen LogP contribution in [0.4, 0.5) is 0 Å². The van der Waals surface area contributed by atoms with Crippen LogP contribution >= 0.6 is 0 Å². The van der Waals surface area contributed by atoms with Crippen molar-refractivity contribution in [3.8, 4) is 5.75 Å². The third-order valence-corrected chi connectivity index (χ3v) is 3.36. The molecule has 0 aromatic heterocycles. The van der Waals surface area contributed by atoms with Gasteiger partial charge in [0, 0.05) is 5.56 Å². The number of rotatable bonds is 3. The van der Waals surface area contributed by atoms with Crippen LogP contribution in [0, 0.1) is 0 Å². The van der Waals surface area contributed by atoms with Gasteiger partial charge in [0.25, 0.3) is 0 Å². The first-order chi connectivity index (χ1) is 7.47. The Kier molecular flexibility index (Phi) is 2.41. The SMILES string of the molecule is CC(C)c1ccc(O)c(C2(C(=O)O)CC2)c1. The third-order valence-electron chi connectivity index (χ3n) is 3.36. The maximum absolute atomic E-state index is 11.2. The van der Waals surface area contributed by atoms with Gasteiger partial charge in [-0.1, -0.05) is 26.0 Å². The highest BCUT2D eigenvalue weighted by atomic mass is 16.4. The molecule has 2 N–H and O–H groups in total. The van der Waals surface area contributed by atoms with Gasteiger partial charge in [-0.2, -0.15) is 0 Å². The zero-order valence-corrected chi connectivity index (χ0v) is 9.53. The summed E-state index contributed by atoms with van der Waals surface area (Å²) in [6, 6.07) is 5.29. The Balaban J connectivity index is 2.48. The molecule has 0 saturated heterocycles. The quantitative estimate of drug-likeness (QED) is 0.823. The molecular formula is C13H16O3. The van der Waals surface area contributed by atoms with Crippen molar-refractivity contribution in [2.24, 2.45) is 0 Å². The van der Waals surface area contributed by atoms with Gasteiger partial charge in [0.1, 0.15) is 5.75 Å². The number of carboxylic acid groups (broad SMARTS) is 1. The molecule has 86 valence electrons. The average molecular weight is 220 g/mol. The Hall–Kier alpha value is -1.51. The molecule has 1 aromatic carbocycles. The van der Waals surface area contributed by atoms with Crippen LogP contribution in [-0.2, 0) is 10.2 Å². The summed E-state index contributed by atoms with van der Waals surface area (Å²) in [5.74, 6) is -0.392. The molecule has 0 unspecified atom stereocenters. The molecule has 1 fully saturated rings. The fourth-order valence-electron chi connectivity index (χ4n) is 2.02. The molecule has 1 aliphatic rings. The van der Waals surface area contributed by atoms with Gasteiger partial charge in [0.15, 0.2) is 0 Å². The van der Waals surface area contributed by atoms with Gasteiger partial charge >= 0.3 is 5.97 Å². The van der Waals surface area contributed by atoms with Crippen molar-refractivity contribution in [1.82, 2.24) is 0 Å². The van der Waals surface area contributed by atoms with Crippen LogP contribution in [0.3, 0.4) is 0 Å². The molecule has 1 aromatic rings. The Bertz CT molecular complexity index is 431. The normalized spacial score (nSPS) is 17.4. The lowest BCUT2D eigenvalue weighted by Crippen LogP contribution is -2.19. The van der Waals surface area contributed by atoms with Crippen LogP contribution in [-0.4, -0.2) is 16.2 Å². The van der Waals surface area contributed by atoms with Gasteiger partial charge in [0.2, 0.25) is 0 Å². The first kappa shape index (κ1) is 11.0. The fraction of sp³-hybridized carbons (Fsp3) is 0.462. The van der Waals surface area contributed by atoms with E-state index in [1.807, 2.05) is 12.1 Å². The summed E-state index contributed by atoms with van der Waals surface area (Å²) in [4.78, 5) is 11.2. The van der Waals surface area contributed by atoms with E-state index in [2.05, 4.69) is 13.8 Å². The van der Waals surface area contributed by atoms with Crippen molar-refractivity contribution in [1.29, 1.82) is 0 Å². The molecule has 1 saturated carbocycles. The van der Waals surface area contributed by atoms with Crippen LogP contribution in [0.5, 0.6) is 5.75 Å². The highest BCUT2D eigenvalue weighted by Crippen LogP contribution is 2.51. The Morgan fingerprint density at radius 2 is 2.00 bits per heavy atom. The molecule has 1 aliphatic carbocycles. The number of carboxylic acids is 1. The van der Waals surface area contributed by atoms with Gasteiger partial charge in [0.05, 0.1) is 5.41 Å². The van der Waals surface area contributed by atoms with E-state index in [1.165, 1.54) is 0 Å². The molecule has 0 amide bonds. The maximum atomic E-state index is 11.2. The summed E-state index contributed by atoms with van der Waals surface area (Å²) in [7, 11) is 0. The molecular weight excluding hydrogens is 204 g/mol. The van der Waals surface area contributed by atoms with E-state index < -0.39 is 11.4 Å². The van der Waals surface area contributed by atoms with E-state index in [1.54, 1.807) is 6.07 Å². The van der Waals surface area contributed by atoms with Crippen molar-refractivity contribution >= 4 is 5.97 Å². The van der Waals surface area contributed by atoms with Crippen LogP contribution in [0.15, 0.2) is 18.2 Å². The predicted octanol–water partition coefficient (Wildman–Crippen LogP) is 2.63. The van der Waals surface area contributed by atoms with Crippen LogP contribution in [0.2, 0.25) is 0 Å². The smallest absolute Gasteiger partial charge is 0.314 e. The van der Waals surface area contributed by atoms with E-state index in [0.29, 0.717) is 24.3 Å². The summed E-state index contributed by atoms with van der Waals surface area (Å²) >= 11 is 0. The predicted molar refractivity (Wildman–Crippen MR) is 60.7 cm³/mol. The second-order valence-electron chi connectivity index (χ2n) is 4.82. The molecule has 0 bridgehead atoms. The second kappa shape index (κ2) is 3.51. The van der Waals surface area contributed by atoms with Gasteiger partial charge in [-0.25, -0.2) is 0 Å². The van der Waals surface area contributed by atoms with Crippen molar-refractivity contribution in [3.63, 3.8) is 0 Å². The summed E-state index contributed by atoms with van der Waals surface area (Å²) in [6.07, 6.45) is 1.24. The lowest BCUT2D eigenvalue weighted by atomic mass is 9.91. The van der Waals surface area contributed by atoms with E-state index >= 15 is 0 Å². The molecule has 2 rings (SSSR count). The van der Waals surface area contributed by atoms with Gasteiger partial charge in [-0.15, -0.1) is 0 Å². The van der Waals surface area contributed by atoms with Crippen molar-refractivity contribution in [2.75, 3.05) is 0 Å². The first-order valence-corrected chi connectivity index (χ1v) is 5.54. The highest BCUT2D eigenvalue weighted by molar-refractivity contribution is 5.86. The Labute approximate surface area is 94.7 Å². The van der Waals surface area contributed by atoms with Gasteiger partial charge in [-0.3, -0.25) is 4.79 Å². The molecule has 16 heavy (non-hydrogen) atoms. The molecule has 3 heteroatoms. The largest absolute Gasteiger partial charge is 0.508 e. The monoisotopic (exact) mass is 220 g/mol. The number of phenolic OH excluding ortho intramolecular Hbond substituents is 1. The molecule has 0 heterocycles. The van der Waals surface area contributed by atoms with Crippen molar-refractivity contribution in [2.45, 2.75) is 38.0 Å². The molecule has 0 atom stereocenters. The number of carbonyl (C=O) groups is 1. The van der Waals surface area contributed by atoms with E-state index in [-0.39, 0.29) is 5.75 Å². The van der Waals surface area contributed by atoms with E-state index in [9.17, 15) is 15.0 Å². The number of hydrogen-bond acceptors (Lipinski definition) is 2. The van der Waals surface area contributed by atoms with E-state index in [4.69, 9.17) is 0 Å². The third kappa shape index (κ3) is 1.56. The molecule has 3 nitrogen and oxygen atoms in total. The summed E-state index contributed by atoms with van der Waals surface area (Å²) < 4.78 is 0. The lowest BCUT2D eigenvalue weighted by molar-refractivity contribution is -0.140. The maximum Gasteiger partial charge on any atom is 0.314 e. The molecule has 0 radical (unpaired) electrons. The minimum Gasteiger partial charge on any atom is -0.508 e. The first-order valence-electron chi connectivity index (χ1n) is 5.54. The summed E-state index contributed by atoms with van der Waals surface area (Å²) in [5.41, 5.74) is 0.821. The molecule has 0 aliphatic heterocycles. The highest BCUT2D eigenvalue weighted by Gasteiger charge is 2.53. The minimum absolute atomic E-state index is 0.101. The summed E-state index contributed by atoms with van der Waals surface area (Å²) in [5, 5.41) is 19.0. The van der Waals surface area contributed by atoms with Crippen molar-refractivity contribution in [3.05, 3.63) is 29.3 Å². The number of hydrogen-bond donors (Lipinski definition) is 2. The van der Waals surface area contributed by atoms with E-state index in [0.717, 1.165) is 5.56 Å². The zero-order chi connectivity index (χ0) is 11.9. The summed E-state index contributed by atoms with van der Waals surface area (Å²) in [6.45, 7) is 4.10. The standard InChI is InChI=1S/C13H16O3/c1-8(2)9-3-4-11(14)10(7-9)13(5-6-13)12(15)16/h3-4,7-8,14H,5-6H2,1-2H3,(H,15,16). The minimum atomic E-state index is -0.830. The number of aliphatic carboxylic acids is 1. The second-order valence-corrected chi connectivity index (χ2v) is 4.82. The van der Waals surface area contributed by atoms with Crippen LogP contribution in [0.1, 0.15) is 43.7 Å². The topological polar surface area (TPSA) is 57.5 Å².